The lowest BCUT2D eigenvalue weighted by Crippen LogP contribution is -1.94. The highest BCUT2D eigenvalue weighted by atomic mass is 19.2. The number of halogens is 4. The van der Waals surface area contributed by atoms with Gasteiger partial charge in [0.1, 0.15) is 5.82 Å². The van der Waals surface area contributed by atoms with Crippen LogP contribution < -0.4 is 0 Å². The van der Waals surface area contributed by atoms with Gasteiger partial charge < -0.3 is 0 Å². The van der Waals surface area contributed by atoms with Crippen LogP contribution in [0.1, 0.15) is 38.2 Å². The predicted octanol–water partition coefficient (Wildman–Crippen LogP) is 9.37. The van der Waals surface area contributed by atoms with Gasteiger partial charge in [-0.05, 0) is 64.4 Å². The van der Waals surface area contributed by atoms with Crippen molar-refractivity contribution in [3.63, 3.8) is 0 Å². The van der Waals surface area contributed by atoms with Crippen LogP contribution in [-0.2, 0) is 6.42 Å². The van der Waals surface area contributed by atoms with Gasteiger partial charge in [0.15, 0.2) is 17.5 Å². The van der Waals surface area contributed by atoms with Crippen molar-refractivity contribution < 1.29 is 17.6 Å². The SMILES string of the molecule is CCCCCCc1ccc(-c2ccc(-c3ccc(-c4cc(F)c(F)c(F)c4)c(F)c3)cc2)cc1. The van der Waals surface area contributed by atoms with Gasteiger partial charge in [-0.15, -0.1) is 0 Å². The topological polar surface area (TPSA) is 0 Å². The van der Waals surface area contributed by atoms with E-state index in [0.717, 1.165) is 35.2 Å². The molecule has 0 spiro atoms. The van der Waals surface area contributed by atoms with Crippen molar-refractivity contribution in [2.75, 3.05) is 0 Å². The van der Waals surface area contributed by atoms with Crippen LogP contribution in [0.4, 0.5) is 17.6 Å². The smallest absolute Gasteiger partial charge is 0.194 e. The summed E-state index contributed by atoms with van der Waals surface area (Å²) in [6, 6.07) is 22.4. The van der Waals surface area contributed by atoms with Crippen LogP contribution in [-0.4, -0.2) is 0 Å². The maximum Gasteiger partial charge on any atom is 0.194 e. The molecule has 0 nitrogen and oxygen atoms in total. The van der Waals surface area contributed by atoms with E-state index in [0.29, 0.717) is 5.56 Å². The summed E-state index contributed by atoms with van der Waals surface area (Å²) >= 11 is 0. The molecule has 0 bridgehead atoms. The van der Waals surface area contributed by atoms with E-state index in [-0.39, 0.29) is 11.1 Å². The Kier molecular flexibility index (Phi) is 7.46. The minimum absolute atomic E-state index is 0.00736. The molecule has 0 unspecified atom stereocenters. The molecule has 0 aliphatic carbocycles. The van der Waals surface area contributed by atoms with E-state index in [9.17, 15) is 17.6 Å². The summed E-state index contributed by atoms with van der Waals surface area (Å²) in [6.07, 6.45) is 6.08. The molecule has 4 heteroatoms. The molecular formula is C30H26F4. The Balaban J connectivity index is 1.49. The van der Waals surface area contributed by atoms with Crippen molar-refractivity contribution in [2.45, 2.75) is 39.0 Å². The molecule has 0 aliphatic heterocycles. The zero-order chi connectivity index (χ0) is 24.1. The van der Waals surface area contributed by atoms with Gasteiger partial charge >= 0.3 is 0 Å². The Morgan fingerprint density at radius 1 is 0.500 bits per heavy atom. The van der Waals surface area contributed by atoms with Crippen molar-refractivity contribution in [1.29, 1.82) is 0 Å². The van der Waals surface area contributed by atoms with E-state index in [1.54, 1.807) is 6.07 Å². The van der Waals surface area contributed by atoms with Gasteiger partial charge in [0, 0.05) is 5.56 Å². The lowest BCUT2D eigenvalue weighted by atomic mass is 9.97. The Morgan fingerprint density at radius 2 is 1.00 bits per heavy atom. The van der Waals surface area contributed by atoms with Gasteiger partial charge in [-0.1, -0.05) is 86.8 Å². The average molecular weight is 463 g/mol. The molecule has 0 saturated heterocycles. The van der Waals surface area contributed by atoms with Crippen LogP contribution >= 0.6 is 0 Å². The van der Waals surface area contributed by atoms with Gasteiger partial charge in [0.25, 0.3) is 0 Å². The van der Waals surface area contributed by atoms with E-state index in [1.165, 1.54) is 43.4 Å². The minimum atomic E-state index is -1.57. The summed E-state index contributed by atoms with van der Waals surface area (Å²) in [4.78, 5) is 0. The number of unbranched alkanes of at least 4 members (excludes halogenated alkanes) is 3. The van der Waals surface area contributed by atoms with Crippen LogP contribution in [0.3, 0.4) is 0 Å². The van der Waals surface area contributed by atoms with Crippen molar-refractivity contribution in [3.05, 3.63) is 108 Å². The van der Waals surface area contributed by atoms with Gasteiger partial charge in [0.05, 0.1) is 0 Å². The van der Waals surface area contributed by atoms with Crippen molar-refractivity contribution in [2.24, 2.45) is 0 Å². The van der Waals surface area contributed by atoms with E-state index >= 15 is 0 Å². The van der Waals surface area contributed by atoms with E-state index in [2.05, 4.69) is 31.2 Å². The summed E-state index contributed by atoms with van der Waals surface area (Å²) in [5.41, 5.74) is 4.93. The average Bonchev–Trinajstić information content (AvgIpc) is 2.85. The number of aryl methyl sites for hydroxylation is 1. The maximum atomic E-state index is 14.8. The summed E-state index contributed by atoms with van der Waals surface area (Å²) in [7, 11) is 0. The molecule has 0 heterocycles. The quantitative estimate of drug-likeness (QED) is 0.139. The molecule has 4 aromatic rings. The summed E-state index contributed by atoms with van der Waals surface area (Å²) in [5.74, 6) is -4.90. The molecule has 0 aliphatic rings. The Labute approximate surface area is 197 Å². The first-order valence-electron chi connectivity index (χ1n) is 11.6. The number of rotatable bonds is 8. The fourth-order valence-electron chi connectivity index (χ4n) is 4.11. The second kappa shape index (κ2) is 10.7. The largest absolute Gasteiger partial charge is 0.206 e. The monoisotopic (exact) mass is 462 g/mol. The molecule has 0 aromatic heterocycles. The third-order valence-corrected chi connectivity index (χ3v) is 6.09. The van der Waals surface area contributed by atoms with E-state index in [4.69, 9.17) is 0 Å². The first kappa shape index (κ1) is 23.7. The summed E-state index contributed by atoms with van der Waals surface area (Å²) in [5, 5.41) is 0. The molecule has 0 atom stereocenters. The third-order valence-electron chi connectivity index (χ3n) is 6.09. The Morgan fingerprint density at radius 3 is 1.56 bits per heavy atom. The first-order valence-corrected chi connectivity index (χ1v) is 11.6. The molecule has 174 valence electrons. The molecular weight excluding hydrogens is 436 g/mol. The molecule has 0 amide bonds. The standard InChI is InChI=1S/C30H26F4/c1-2-3-4-5-6-20-7-9-21(10-8-20)22-11-13-23(14-12-22)24-15-16-26(27(31)17-24)25-18-28(32)30(34)29(33)19-25/h7-19H,2-6H2,1H3. The highest BCUT2D eigenvalue weighted by Crippen LogP contribution is 2.31. The van der Waals surface area contributed by atoms with Gasteiger partial charge in [0.2, 0.25) is 0 Å². The van der Waals surface area contributed by atoms with Gasteiger partial charge in [-0.25, -0.2) is 17.6 Å². The molecule has 4 rings (SSSR count). The third kappa shape index (κ3) is 5.39. The first-order chi connectivity index (χ1) is 16.5. The van der Waals surface area contributed by atoms with Crippen LogP contribution in [0.25, 0.3) is 33.4 Å². The van der Waals surface area contributed by atoms with E-state index in [1.807, 2.05) is 24.3 Å². The van der Waals surface area contributed by atoms with Gasteiger partial charge in [-0.2, -0.15) is 0 Å². The highest BCUT2D eigenvalue weighted by Gasteiger charge is 2.14. The molecule has 34 heavy (non-hydrogen) atoms. The molecule has 4 aromatic carbocycles. The molecule has 0 radical (unpaired) electrons. The summed E-state index contributed by atoms with van der Waals surface area (Å²) in [6.45, 7) is 2.21. The number of hydrogen-bond acceptors (Lipinski definition) is 0. The molecule has 0 fully saturated rings. The van der Waals surface area contributed by atoms with E-state index < -0.39 is 23.3 Å². The van der Waals surface area contributed by atoms with Crippen molar-refractivity contribution in [1.82, 2.24) is 0 Å². The zero-order valence-electron chi connectivity index (χ0n) is 19.1. The van der Waals surface area contributed by atoms with Crippen LogP contribution in [0, 0.1) is 23.3 Å². The van der Waals surface area contributed by atoms with Crippen LogP contribution in [0.2, 0.25) is 0 Å². The number of hydrogen-bond donors (Lipinski definition) is 0. The van der Waals surface area contributed by atoms with Crippen molar-refractivity contribution >= 4 is 0 Å². The predicted molar refractivity (Wildman–Crippen MR) is 130 cm³/mol. The number of benzene rings is 4. The summed E-state index contributed by atoms with van der Waals surface area (Å²) < 4.78 is 55.1. The fourth-order valence-corrected chi connectivity index (χ4v) is 4.11. The second-order valence-corrected chi connectivity index (χ2v) is 8.53. The highest BCUT2D eigenvalue weighted by molar-refractivity contribution is 5.73. The minimum Gasteiger partial charge on any atom is -0.206 e. The zero-order valence-corrected chi connectivity index (χ0v) is 19.1. The van der Waals surface area contributed by atoms with Crippen LogP contribution in [0.5, 0.6) is 0 Å². The lowest BCUT2D eigenvalue weighted by Gasteiger charge is -2.09. The maximum absolute atomic E-state index is 14.8. The van der Waals surface area contributed by atoms with Gasteiger partial charge in [-0.3, -0.25) is 0 Å². The molecule has 0 saturated carbocycles. The van der Waals surface area contributed by atoms with Crippen LogP contribution in [0.15, 0.2) is 78.9 Å². The molecule has 0 N–H and O–H groups in total. The Bertz CT molecular complexity index is 1240. The lowest BCUT2D eigenvalue weighted by molar-refractivity contribution is 0.447. The Hall–Kier alpha value is -3.40. The second-order valence-electron chi connectivity index (χ2n) is 8.53. The van der Waals surface area contributed by atoms with Crippen molar-refractivity contribution in [3.8, 4) is 33.4 Å². The fraction of sp³-hybridized carbons (Fsp3) is 0.200. The normalized spacial score (nSPS) is 11.1.